The van der Waals surface area contributed by atoms with Gasteiger partial charge in [-0.15, -0.1) is 0 Å². The number of carbonyl (C=O) groups is 2. The van der Waals surface area contributed by atoms with E-state index in [1.807, 2.05) is 0 Å². The summed E-state index contributed by atoms with van der Waals surface area (Å²) in [6.07, 6.45) is 1.77. The number of halogens is 1. The topological polar surface area (TPSA) is 66.4 Å². The third kappa shape index (κ3) is 3.45. The van der Waals surface area contributed by atoms with Gasteiger partial charge >= 0.3 is 5.97 Å². The fourth-order valence-corrected chi connectivity index (χ4v) is 1.36. The molecule has 0 saturated heterocycles. The SMILES string of the molecule is CSC(C)C(=O)Nc1ccc(C(=O)O)cc1F. The fourth-order valence-electron chi connectivity index (χ4n) is 1.09. The first-order chi connectivity index (χ1) is 7.95. The molecule has 0 bridgehead atoms. The summed E-state index contributed by atoms with van der Waals surface area (Å²) >= 11 is 1.34. The normalized spacial score (nSPS) is 11.9. The molecule has 92 valence electrons. The molecule has 17 heavy (non-hydrogen) atoms. The quantitative estimate of drug-likeness (QED) is 0.868. The summed E-state index contributed by atoms with van der Waals surface area (Å²) in [6, 6.07) is 3.36. The molecule has 0 aliphatic rings. The molecule has 0 heterocycles. The van der Waals surface area contributed by atoms with E-state index in [9.17, 15) is 14.0 Å². The summed E-state index contributed by atoms with van der Waals surface area (Å²) < 4.78 is 13.5. The molecule has 6 heteroatoms. The van der Waals surface area contributed by atoms with E-state index in [1.165, 1.54) is 23.9 Å². The maximum Gasteiger partial charge on any atom is 0.335 e. The minimum Gasteiger partial charge on any atom is -0.478 e. The lowest BCUT2D eigenvalue weighted by Gasteiger charge is -2.10. The molecule has 0 radical (unpaired) electrons. The number of carboxylic acid groups (broad SMARTS) is 1. The van der Waals surface area contributed by atoms with Crippen molar-refractivity contribution in [3.8, 4) is 0 Å². The Labute approximate surface area is 102 Å². The van der Waals surface area contributed by atoms with Crippen LogP contribution in [0, 0.1) is 5.82 Å². The van der Waals surface area contributed by atoms with Gasteiger partial charge in [0.25, 0.3) is 0 Å². The van der Waals surface area contributed by atoms with E-state index in [0.717, 1.165) is 6.07 Å². The molecular formula is C11H12FNO3S. The molecular weight excluding hydrogens is 245 g/mol. The van der Waals surface area contributed by atoms with Gasteiger partial charge in [0.05, 0.1) is 16.5 Å². The number of hydrogen-bond donors (Lipinski definition) is 2. The van der Waals surface area contributed by atoms with Gasteiger partial charge in [-0.05, 0) is 31.4 Å². The van der Waals surface area contributed by atoms with Crippen molar-refractivity contribution in [3.63, 3.8) is 0 Å². The third-order valence-electron chi connectivity index (χ3n) is 2.20. The van der Waals surface area contributed by atoms with Crippen molar-refractivity contribution in [3.05, 3.63) is 29.6 Å². The first-order valence-corrected chi connectivity index (χ1v) is 6.11. The molecule has 1 aromatic rings. The number of amides is 1. The van der Waals surface area contributed by atoms with E-state index < -0.39 is 11.8 Å². The lowest BCUT2D eigenvalue weighted by atomic mass is 10.2. The van der Waals surface area contributed by atoms with E-state index in [0.29, 0.717) is 0 Å². The van der Waals surface area contributed by atoms with Crippen molar-refractivity contribution in [1.29, 1.82) is 0 Å². The first-order valence-electron chi connectivity index (χ1n) is 4.82. The lowest BCUT2D eigenvalue weighted by Crippen LogP contribution is -2.22. The number of anilines is 1. The molecule has 0 aliphatic carbocycles. The van der Waals surface area contributed by atoms with Gasteiger partial charge in [0.1, 0.15) is 5.82 Å². The Hall–Kier alpha value is -1.56. The molecule has 0 aliphatic heterocycles. The number of thioether (sulfide) groups is 1. The number of carboxylic acids is 1. The summed E-state index contributed by atoms with van der Waals surface area (Å²) in [5, 5.41) is 10.8. The van der Waals surface area contributed by atoms with Crippen molar-refractivity contribution >= 4 is 29.3 Å². The summed E-state index contributed by atoms with van der Waals surface area (Å²) in [5.74, 6) is -2.29. The second kappa shape index (κ2) is 5.67. The van der Waals surface area contributed by atoms with E-state index >= 15 is 0 Å². The van der Waals surface area contributed by atoms with E-state index in [4.69, 9.17) is 5.11 Å². The Morgan fingerprint density at radius 1 is 1.47 bits per heavy atom. The molecule has 1 aromatic carbocycles. The smallest absolute Gasteiger partial charge is 0.335 e. The average molecular weight is 257 g/mol. The Balaban J connectivity index is 2.86. The fraction of sp³-hybridized carbons (Fsp3) is 0.273. The number of benzene rings is 1. The summed E-state index contributed by atoms with van der Waals surface area (Å²) in [7, 11) is 0. The third-order valence-corrected chi connectivity index (χ3v) is 3.12. The van der Waals surface area contributed by atoms with Gasteiger partial charge in [0.2, 0.25) is 5.91 Å². The van der Waals surface area contributed by atoms with Crippen LogP contribution >= 0.6 is 11.8 Å². The van der Waals surface area contributed by atoms with Crippen LogP contribution in [0.1, 0.15) is 17.3 Å². The van der Waals surface area contributed by atoms with Crippen molar-refractivity contribution in [2.24, 2.45) is 0 Å². The molecule has 4 nitrogen and oxygen atoms in total. The molecule has 1 amide bonds. The van der Waals surface area contributed by atoms with Crippen molar-refractivity contribution < 1.29 is 19.1 Å². The van der Waals surface area contributed by atoms with Crippen molar-refractivity contribution in [2.75, 3.05) is 11.6 Å². The van der Waals surface area contributed by atoms with Crippen molar-refractivity contribution in [1.82, 2.24) is 0 Å². The molecule has 2 N–H and O–H groups in total. The molecule has 0 aromatic heterocycles. The summed E-state index contributed by atoms with van der Waals surface area (Å²) in [4.78, 5) is 22.1. The molecule has 0 spiro atoms. The largest absolute Gasteiger partial charge is 0.478 e. The Morgan fingerprint density at radius 3 is 2.59 bits per heavy atom. The van der Waals surface area contributed by atoms with Crippen molar-refractivity contribution in [2.45, 2.75) is 12.2 Å². The monoisotopic (exact) mass is 257 g/mol. The molecule has 1 unspecified atom stereocenters. The maximum atomic E-state index is 13.5. The minimum absolute atomic E-state index is 0.0131. The number of hydrogen-bond acceptors (Lipinski definition) is 3. The number of nitrogens with one attached hydrogen (secondary N) is 1. The van der Waals surface area contributed by atoms with Crippen LogP contribution in [0.25, 0.3) is 0 Å². The number of carbonyl (C=O) groups excluding carboxylic acids is 1. The van der Waals surface area contributed by atoms with Gasteiger partial charge in [-0.25, -0.2) is 9.18 Å². The van der Waals surface area contributed by atoms with Crippen LogP contribution in [0.4, 0.5) is 10.1 Å². The van der Waals surface area contributed by atoms with Gasteiger partial charge in [-0.2, -0.15) is 11.8 Å². The van der Waals surface area contributed by atoms with Gasteiger partial charge in [-0.1, -0.05) is 0 Å². The Bertz CT molecular complexity index is 450. The van der Waals surface area contributed by atoms with E-state index in [1.54, 1.807) is 13.2 Å². The minimum atomic E-state index is -1.21. The van der Waals surface area contributed by atoms with Crippen LogP contribution < -0.4 is 5.32 Å². The van der Waals surface area contributed by atoms with Gasteiger partial charge in [-0.3, -0.25) is 4.79 Å². The standard InChI is InChI=1S/C11H12FNO3S/c1-6(17-2)10(14)13-9-4-3-7(11(15)16)5-8(9)12/h3-6H,1-2H3,(H,13,14)(H,15,16). The first kappa shape index (κ1) is 13.5. The molecule has 0 fully saturated rings. The average Bonchev–Trinajstić information content (AvgIpc) is 2.30. The highest BCUT2D eigenvalue weighted by atomic mass is 32.2. The van der Waals surface area contributed by atoms with Gasteiger partial charge in [0, 0.05) is 0 Å². The Kier molecular flexibility index (Phi) is 4.51. The molecule has 1 atom stereocenters. The highest BCUT2D eigenvalue weighted by molar-refractivity contribution is 7.99. The summed E-state index contributed by atoms with van der Waals surface area (Å²) in [5.41, 5.74) is -0.167. The van der Waals surface area contributed by atoms with Gasteiger partial charge in [0.15, 0.2) is 0 Å². The second-order valence-electron chi connectivity index (χ2n) is 3.37. The molecule has 0 saturated carbocycles. The molecule has 1 rings (SSSR count). The van der Waals surface area contributed by atoms with Crippen LogP contribution in [-0.2, 0) is 4.79 Å². The van der Waals surface area contributed by atoms with Gasteiger partial charge < -0.3 is 10.4 Å². The zero-order valence-corrected chi connectivity index (χ0v) is 10.2. The van der Waals surface area contributed by atoms with Crippen LogP contribution in [0.5, 0.6) is 0 Å². The summed E-state index contributed by atoms with van der Waals surface area (Å²) in [6.45, 7) is 1.70. The van der Waals surface area contributed by atoms with Crippen LogP contribution in [0.3, 0.4) is 0 Å². The van der Waals surface area contributed by atoms with E-state index in [-0.39, 0.29) is 22.4 Å². The predicted octanol–water partition coefficient (Wildman–Crippen LogP) is 2.21. The van der Waals surface area contributed by atoms with Crippen LogP contribution in [-0.4, -0.2) is 28.5 Å². The number of rotatable bonds is 4. The zero-order valence-electron chi connectivity index (χ0n) is 9.36. The number of aromatic carboxylic acids is 1. The predicted molar refractivity (Wildman–Crippen MR) is 65.0 cm³/mol. The van der Waals surface area contributed by atoms with Crippen LogP contribution in [0.15, 0.2) is 18.2 Å². The lowest BCUT2D eigenvalue weighted by molar-refractivity contribution is -0.115. The van der Waals surface area contributed by atoms with E-state index in [2.05, 4.69) is 5.32 Å². The maximum absolute atomic E-state index is 13.5. The highest BCUT2D eigenvalue weighted by Gasteiger charge is 2.14. The Morgan fingerprint density at radius 2 is 2.12 bits per heavy atom. The van der Waals surface area contributed by atoms with Crippen LogP contribution in [0.2, 0.25) is 0 Å². The zero-order chi connectivity index (χ0) is 13.0. The second-order valence-corrected chi connectivity index (χ2v) is 4.55. The highest BCUT2D eigenvalue weighted by Crippen LogP contribution is 2.17.